The first-order valence-corrected chi connectivity index (χ1v) is 8.67. The summed E-state index contributed by atoms with van der Waals surface area (Å²) in [6, 6.07) is 7.59. The number of amides is 1. The summed E-state index contributed by atoms with van der Waals surface area (Å²) in [6.45, 7) is 1.50. The third-order valence-corrected chi connectivity index (χ3v) is 5.73. The van der Waals surface area contributed by atoms with Crippen molar-refractivity contribution >= 4 is 38.7 Å². The lowest BCUT2D eigenvalue weighted by Gasteiger charge is -2.33. The quantitative estimate of drug-likeness (QED) is 0.822. The van der Waals surface area contributed by atoms with E-state index in [9.17, 15) is 14.7 Å². The summed E-state index contributed by atoms with van der Waals surface area (Å²) in [5.41, 5.74) is 0.493. The van der Waals surface area contributed by atoms with Gasteiger partial charge >= 0.3 is 5.97 Å². The van der Waals surface area contributed by atoms with Crippen LogP contribution in [0.25, 0.3) is 10.9 Å². The summed E-state index contributed by atoms with van der Waals surface area (Å²) in [5.74, 6) is -1.13. The first-order chi connectivity index (χ1) is 11.5. The van der Waals surface area contributed by atoms with Gasteiger partial charge in [0.2, 0.25) is 0 Å². The van der Waals surface area contributed by atoms with E-state index in [1.54, 1.807) is 4.90 Å². The van der Waals surface area contributed by atoms with Gasteiger partial charge in [-0.3, -0.25) is 9.59 Å². The van der Waals surface area contributed by atoms with Crippen LogP contribution in [0.2, 0.25) is 0 Å². The molecule has 0 spiro atoms. The molecule has 2 aromatic rings. The Labute approximate surface area is 146 Å². The first kappa shape index (κ1) is 15.7. The molecule has 6 nitrogen and oxygen atoms in total. The van der Waals surface area contributed by atoms with Gasteiger partial charge in [0, 0.05) is 41.0 Å². The van der Waals surface area contributed by atoms with Crippen molar-refractivity contribution in [1.82, 2.24) is 9.88 Å². The van der Waals surface area contributed by atoms with E-state index in [2.05, 4.69) is 20.9 Å². The Kier molecular flexibility index (Phi) is 3.65. The number of rotatable bonds is 2. The Bertz CT molecular complexity index is 833. The molecule has 2 N–H and O–H groups in total. The highest BCUT2D eigenvalue weighted by Gasteiger charge is 2.55. The van der Waals surface area contributed by atoms with E-state index in [1.807, 2.05) is 24.3 Å². The molecule has 0 saturated carbocycles. The second kappa shape index (κ2) is 5.60. The number of likely N-dealkylation sites (tertiary alicyclic amines) is 1. The Morgan fingerprint density at radius 2 is 2.21 bits per heavy atom. The number of benzene rings is 1. The molecule has 7 heteroatoms. The lowest BCUT2D eigenvalue weighted by molar-refractivity contribution is -0.157. The Balaban J connectivity index is 1.63. The summed E-state index contributed by atoms with van der Waals surface area (Å²) >= 11 is 3.41. The molecule has 2 atom stereocenters. The molecule has 1 aromatic carbocycles. The molecule has 3 heterocycles. The molecule has 2 aliphatic heterocycles. The summed E-state index contributed by atoms with van der Waals surface area (Å²) < 4.78 is 6.37. The highest BCUT2D eigenvalue weighted by molar-refractivity contribution is 9.10. The number of aromatic nitrogens is 1. The molecule has 1 amide bonds. The smallest absolute Gasteiger partial charge is 0.311 e. The van der Waals surface area contributed by atoms with E-state index in [-0.39, 0.29) is 18.4 Å². The van der Waals surface area contributed by atoms with Crippen LogP contribution in [0.3, 0.4) is 0 Å². The summed E-state index contributed by atoms with van der Waals surface area (Å²) in [7, 11) is 0. The van der Waals surface area contributed by atoms with Crippen LogP contribution in [0.1, 0.15) is 16.9 Å². The number of H-pyrrole nitrogens is 1. The first-order valence-electron chi connectivity index (χ1n) is 7.88. The summed E-state index contributed by atoms with van der Waals surface area (Å²) in [4.78, 5) is 29.5. The standard InChI is InChI=1S/C17H17BrN2O4/c18-12-2-1-10-5-14(19-13(10)6-12)15(21)20-7-11-8-24-4-3-17(11,9-20)16(22)23/h1-2,5-6,11,19H,3-4,7-9H2,(H,22,23)/t11-,17+/m0/s1. The lowest BCUT2D eigenvalue weighted by atomic mass is 9.74. The van der Waals surface area contributed by atoms with Crippen LogP contribution in [0.15, 0.2) is 28.7 Å². The number of carboxylic acids is 1. The zero-order valence-electron chi connectivity index (χ0n) is 12.9. The minimum absolute atomic E-state index is 0.147. The van der Waals surface area contributed by atoms with Crippen LogP contribution in [-0.2, 0) is 9.53 Å². The summed E-state index contributed by atoms with van der Waals surface area (Å²) in [5, 5.41) is 10.7. The maximum atomic E-state index is 12.9. The molecule has 24 heavy (non-hydrogen) atoms. The number of carbonyl (C=O) groups excluding carboxylic acids is 1. The van der Waals surface area contributed by atoms with Crippen LogP contribution in [-0.4, -0.2) is 53.2 Å². The molecule has 2 aliphatic rings. The van der Waals surface area contributed by atoms with Gasteiger partial charge in [0.15, 0.2) is 0 Å². The van der Waals surface area contributed by atoms with Gasteiger partial charge in [-0.1, -0.05) is 22.0 Å². The number of fused-ring (bicyclic) bond motifs is 2. The van der Waals surface area contributed by atoms with Crippen LogP contribution in [0.4, 0.5) is 0 Å². The van der Waals surface area contributed by atoms with Crippen molar-refractivity contribution in [3.63, 3.8) is 0 Å². The van der Waals surface area contributed by atoms with Crippen LogP contribution >= 0.6 is 15.9 Å². The van der Waals surface area contributed by atoms with Crippen molar-refractivity contribution in [2.75, 3.05) is 26.3 Å². The highest BCUT2D eigenvalue weighted by atomic mass is 79.9. The van der Waals surface area contributed by atoms with Gasteiger partial charge in [-0.15, -0.1) is 0 Å². The van der Waals surface area contributed by atoms with Gasteiger partial charge < -0.3 is 19.7 Å². The SMILES string of the molecule is O=C(c1cc2ccc(Br)cc2[nH]1)N1C[C@H]2COCC[C@@]2(C(=O)O)C1. The Morgan fingerprint density at radius 3 is 2.96 bits per heavy atom. The summed E-state index contributed by atoms with van der Waals surface area (Å²) in [6.07, 6.45) is 0.455. The zero-order chi connectivity index (χ0) is 16.9. The maximum absolute atomic E-state index is 12.9. The number of halogens is 1. The predicted molar refractivity (Wildman–Crippen MR) is 90.9 cm³/mol. The molecule has 4 rings (SSSR count). The van der Waals surface area contributed by atoms with Gasteiger partial charge in [-0.2, -0.15) is 0 Å². The Hall–Kier alpha value is -1.86. The normalized spacial score (nSPS) is 26.5. The van der Waals surface area contributed by atoms with E-state index in [0.29, 0.717) is 31.9 Å². The zero-order valence-corrected chi connectivity index (χ0v) is 14.5. The number of ether oxygens (including phenoxy) is 1. The second-order valence-corrected chi connectivity index (χ2v) is 7.50. The maximum Gasteiger partial charge on any atom is 0.311 e. The fourth-order valence-electron chi connectivity index (χ4n) is 3.84. The van der Waals surface area contributed by atoms with Gasteiger partial charge in [0.1, 0.15) is 5.69 Å². The second-order valence-electron chi connectivity index (χ2n) is 6.58. The van der Waals surface area contributed by atoms with E-state index in [1.165, 1.54) is 0 Å². The largest absolute Gasteiger partial charge is 0.481 e. The molecule has 0 aliphatic carbocycles. The number of aliphatic carboxylic acids is 1. The minimum atomic E-state index is -0.872. The van der Waals surface area contributed by atoms with Crippen molar-refractivity contribution in [3.8, 4) is 0 Å². The fraction of sp³-hybridized carbons (Fsp3) is 0.412. The molecular weight excluding hydrogens is 376 g/mol. The van der Waals surface area contributed by atoms with E-state index < -0.39 is 11.4 Å². The van der Waals surface area contributed by atoms with Gasteiger partial charge in [0.25, 0.3) is 5.91 Å². The van der Waals surface area contributed by atoms with Crippen LogP contribution in [0.5, 0.6) is 0 Å². The third-order valence-electron chi connectivity index (χ3n) is 5.23. The average Bonchev–Trinajstić information content (AvgIpc) is 3.15. The van der Waals surface area contributed by atoms with E-state index in [4.69, 9.17) is 4.74 Å². The fourth-order valence-corrected chi connectivity index (χ4v) is 4.20. The number of hydrogen-bond acceptors (Lipinski definition) is 3. The third kappa shape index (κ3) is 2.34. The molecule has 0 bridgehead atoms. The molecule has 1 aromatic heterocycles. The van der Waals surface area contributed by atoms with Gasteiger partial charge in [-0.25, -0.2) is 0 Å². The monoisotopic (exact) mass is 392 g/mol. The van der Waals surface area contributed by atoms with Crippen molar-refractivity contribution in [2.24, 2.45) is 11.3 Å². The molecule has 0 unspecified atom stereocenters. The predicted octanol–water partition coefficient (Wildman–Crippen LogP) is 2.49. The van der Waals surface area contributed by atoms with Gasteiger partial charge in [0.05, 0.1) is 12.0 Å². The molecule has 2 saturated heterocycles. The number of nitrogens with one attached hydrogen (secondary N) is 1. The van der Waals surface area contributed by atoms with E-state index >= 15 is 0 Å². The number of nitrogens with zero attached hydrogens (tertiary/aromatic N) is 1. The molecule has 2 fully saturated rings. The topological polar surface area (TPSA) is 82.6 Å². The van der Waals surface area contributed by atoms with E-state index in [0.717, 1.165) is 15.4 Å². The number of carboxylic acid groups (broad SMARTS) is 1. The number of carbonyl (C=O) groups is 2. The van der Waals surface area contributed by atoms with Crippen molar-refractivity contribution in [1.29, 1.82) is 0 Å². The van der Waals surface area contributed by atoms with Crippen LogP contribution in [0, 0.1) is 11.3 Å². The van der Waals surface area contributed by atoms with Crippen LogP contribution < -0.4 is 0 Å². The van der Waals surface area contributed by atoms with Crippen molar-refractivity contribution < 1.29 is 19.4 Å². The Morgan fingerprint density at radius 1 is 1.38 bits per heavy atom. The highest BCUT2D eigenvalue weighted by Crippen LogP contribution is 2.42. The minimum Gasteiger partial charge on any atom is -0.481 e. The number of hydrogen-bond donors (Lipinski definition) is 2. The number of aromatic amines is 1. The molecule has 0 radical (unpaired) electrons. The molecular formula is C17H17BrN2O4. The lowest BCUT2D eigenvalue weighted by Crippen LogP contribution is -2.45. The van der Waals surface area contributed by atoms with Gasteiger partial charge in [-0.05, 0) is 24.6 Å². The van der Waals surface area contributed by atoms with Crippen molar-refractivity contribution in [2.45, 2.75) is 6.42 Å². The average molecular weight is 393 g/mol. The molecule has 126 valence electrons. The van der Waals surface area contributed by atoms with Crippen molar-refractivity contribution in [3.05, 3.63) is 34.4 Å².